The minimum absolute atomic E-state index is 0.00372. The van der Waals surface area contributed by atoms with Crippen molar-refractivity contribution in [2.45, 2.75) is 186 Å². The van der Waals surface area contributed by atoms with Gasteiger partial charge in [0.1, 0.15) is 25.9 Å². The SMILES string of the molecule is CCCCCCCCCCCCCCCCCOC[C@@H](COP(=O)([O-])OCC[N+](C)(C)C)OC(=O)CCCCCCCC(=O)O[C@]1(CC)C(=O)OCc2c1cc1n(c2=O)Cc2cc3ccccc3nc2-1. The number of quaternary nitrogens is 1. The van der Waals surface area contributed by atoms with Crippen molar-refractivity contribution in [2.24, 2.45) is 0 Å². The van der Waals surface area contributed by atoms with Gasteiger partial charge < -0.3 is 41.9 Å². The Balaban J connectivity index is 1.01. The lowest BCUT2D eigenvalue weighted by molar-refractivity contribution is -0.870. The second kappa shape index (κ2) is 28.9. The lowest BCUT2D eigenvalue weighted by Crippen LogP contribution is -2.47. The summed E-state index contributed by atoms with van der Waals surface area (Å²) in [6.07, 6.45) is 21.4. The largest absolute Gasteiger partial charge is 0.756 e. The van der Waals surface area contributed by atoms with Crippen LogP contribution in [0.4, 0.5) is 0 Å². The number of phosphoric ester groups is 1. The molecule has 1 aromatic carbocycles. The monoisotopic (exact) mass is 996 g/mol. The maximum absolute atomic E-state index is 13.9. The topological polar surface area (TPSA) is 182 Å². The molecule has 15 nitrogen and oxygen atoms in total. The second-order valence-electron chi connectivity index (χ2n) is 20.2. The van der Waals surface area contributed by atoms with Crippen molar-refractivity contribution in [1.82, 2.24) is 9.55 Å². The molecule has 0 bridgehead atoms. The molecule has 4 heterocycles. The summed E-state index contributed by atoms with van der Waals surface area (Å²) < 4.78 is 47.9. The van der Waals surface area contributed by atoms with Gasteiger partial charge >= 0.3 is 17.9 Å². The van der Waals surface area contributed by atoms with Gasteiger partial charge in [-0.05, 0) is 43.9 Å². The molecule has 0 fully saturated rings. The van der Waals surface area contributed by atoms with Gasteiger partial charge in [-0.3, -0.25) is 18.9 Å². The van der Waals surface area contributed by atoms with Crippen LogP contribution in [0.25, 0.3) is 22.3 Å². The summed E-state index contributed by atoms with van der Waals surface area (Å²) in [6.45, 7) is 4.61. The van der Waals surface area contributed by atoms with Gasteiger partial charge in [0.05, 0.1) is 63.4 Å². The van der Waals surface area contributed by atoms with Crippen LogP contribution in [0.3, 0.4) is 0 Å². The van der Waals surface area contributed by atoms with Crippen molar-refractivity contribution < 1.29 is 56.3 Å². The van der Waals surface area contributed by atoms with Crippen molar-refractivity contribution in [3.05, 3.63) is 63.4 Å². The van der Waals surface area contributed by atoms with Gasteiger partial charge in [-0.15, -0.1) is 0 Å². The van der Waals surface area contributed by atoms with E-state index in [-0.39, 0.29) is 44.6 Å². The van der Waals surface area contributed by atoms with Crippen LogP contribution in [0.1, 0.15) is 178 Å². The number of rotatable bonds is 36. The Labute approximate surface area is 416 Å². The van der Waals surface area contributed by atoms with Crippen molar-refractivity contribution in [3.8, 4) is 11.4 Å². The summed E-state index contributed by atoms with van der Waals surface area (Å²) >= 11 is 0. The summed E-state index contributed by atoms with van der Waals surface area (Å²) in [7, 11) is 1.15. The first kappa shape index (κ1) is 56.9. The van der Waals surface area contributed by atoms with E-state index in [2.05, 4.69) is 6.92 Å². The number of carbonyl (C=O) groups is 3. The quantitative estimate of drug-likeness (QED) is 0.0138. The van der Waals surface area contributed by atoms with Crippen LogP contribution in [0.2, 0.25) is 0 Å². The second-order valence-corrected chi connectivity index (χ2v) is 21.6. The lowest BCUT2D eigenvalue weighted by atomic mass is 9.85. The molecule has 2 aliphatic rings. The number of cyclic esters (lactones) is 1. The third-order valence-corrected chi connectivity index (χ3v) is 14.3. The number of nitrogens with zero attached hydrogens (tertiary/aromatic N) is 3. The molecule has 0 aliphatic carbocycles. The number of fused-ring (bicyclic) bond motifs is 5. The van der Waals surface area contributed by atoms with Gasteiger partial charge in [-0.1, -0.05) is 141 Å². The molecule has 2 aliphatic heterocycles. The number of ether oxygens (including phenoxy) is 4. The number of esters is 3. The van der Waals surface area contributed by atoms with Crippen LogP contribution in [-0.2, 0) is 65.7 Å². The van der Waals surface area contributed by atoms with Crippen LogP contribution >= 0.6 is 7.82 Å². The highest BCUT2D eigenvalue weighted by molar-refractivity contribution is 7.45. The number of hydrogen-bond acceptors (Lipinski definition) is 13. The lowest BCUT2D eigenvalue weighted by Gasteiger charge is -2.35. The van der Waals surface area contributed by atoms with Crippen molar-refractivity contribution in [3.63, 3.8) is 0 Å². The van der Waals surface area contributed by atoms with E-state index in [1.165, 1.54) is 77.0 Å². The fourth-order valence-corrected chi connectivity index (χ4v) is 9.91. The zero-order valence-electron chi connectivity index (χ0n) is 42.9. The van der Waals surface area contributed by atoms with Crippen LogP contribution in [0, 0.1) is 0 Å². The Hall–Kier alpha value is -3.98. The average Bonchev–Trinajstić information content (AvgIpc) is 3.68. The van der Waals surface area contributed by atoms with Gasteiger partial charge in [0.15, 0.2) is 0 Å². The van der Waals surface area contributed by atoms with E-state index in [0.29, 0.717) is 72.4 Å². The van der Waals surface area contributed by atoms with Crippen molar-refractivity contribution in [1.29, 1.82) is 0 Å². The number of benzene rings is 1. The molecular formula is C54H82N3O12P. The Kier molecular flexibility index (Phi) is 23.5. The number of para-hydroxylation sites is 1. The zero-order valence-corrected chi connectivity index (χ0v) is 43.8. The van der Waals surface area contributed by atoms with Crippen molar-refractivity contribution >= 4 is 36.6 Å². The molecule has 1 unspecified atom stereocenters. The Morgan fingerprint density at radius 1 is 0.786 bits per heavy atom. The first-order chi connectivity index (χ1) is 33.7. The van der Waals surface area contributed by atoms with E-state index >= 15 is 0 Å². The zero-order chi connectivity index (χ0) is 50.4. The molecule has 5 rings (SSSR count). The minimum atomic E-state index is -4.63. The number of carbonyl (C=O) groups excluding carboxylic acids is 3. The number of unbranched alkanes of at least 4 members (excludes halogenated alkanes) is 18. The third kappa shape index (κ3) is 17.9. The van der Waals surface area contributed by atoms with Gasteiger partial charge in [0.25, 0.3) is 13.4 Å². The highest BCUT2D eigenvalue weighted by Crippen LogP contribution is 2.42. The molecule has 3 aromatic rings. The summed E-state index contributed by atoms with van der Waals surface area (Å²) in [6, 6.07) is 11.5. The smallest absolute Gasteiger partial charge is 0.355 e. The van der Waals surface area contributed by atoms with Crippen LogP contribution in [-0.4, -0.2) is 92.2 Å². The number of pyridine rings is 2. The molecule has 0 spiro atoms. The maximum Gasteiger partial charge on any atom is 0.355 e. The van der Waals surface area contributed by atoms with Crippen LogP contribution < -0.4 is 10.5 Å². The number of hydrogen-bond donors (Lipinski definition) is 0. The number of phosphoric acid groups is 1. The Morgan fingerprint density at radius 2 is 1.39 bits per heavy atom. The first-order valence-electron chi connectivity index (χ1n) is 26.4. The standard InChI is InChI=1S/C54H82N3O12P/c1-6-8-9-10-11-12-13-14-15-16-17-18-19-23-28-34-64-39-44(40-67-70(62,63)66-35-33-57(3,4)5)68-49(58)31-24-21-20-22-25-32-50(59)69-54(7-2)46-37-48-51-43(36-42-29-26-27-30-47(42)55-51)38-56(48)52(60)45(46)41-65-53(54)61/h26-27,29-30,36-37,44H,6-25,28,31-35,38-41H2,1-5H3/t44-,54-/m0/s1. The maximum atomic E-state index is 13.9. The van der Waals surface area contributed by atoms with Gasteiger partial charge in [-0.2, -0.15) is 0 Å². The van der Waals surface area contributed by atoms with Gasteiger partial charge in [0, 0.05) is 36.0 Å². The summed E-state index contributed by atoms with van der Waals surface area (Å²) in [5.74, 6) is -1.76. The van der Waals surface area contributed by atoms with E-state index in [0.717, 1.165) is 42.1 Å². The van der Waals surface area contributed by atoms with E-state index in [9.17, 15) is 28.6 Å². The highest BCUT2D eigenvalue weighted by atomic mass is 31.2. The molecule has 0 saturated carbocycles. The van der Waals surface area contributed by atoms with Gasteiger partial charge in [-0.25, -0.2) is 9.78 Å². The summed E-state index contributed by atoms with van der Waals surface area (Å²) in [5.41, 5.74) is 1.49. The fraction of sp³-hybridized carbons (Fsp3) is 0.685. The molecular weight excluding hydrogens is 914 g/mol. The number of aromatic nitrogens is 2. The van der Waals surface area contributed by atoms with E-state index < -0.39 is 44.0 Å². The minimum Gasteiger partial charge on any atom is -0.756 e. The normalized spacial score (nSPS) is 16.6. The molecule has 390 valence electrons. The van der Waals surface area contributed by atoms with E-state index in [1.807, 2.05) is 51.5 Å². The molecule has 2 aromatic heterocycles. The fourth-order valence-electron chi connectivity index (χ4n) is 9.19. The third-order valence-electron chi connectivity index (χ3n) is 13.4. The molecule has 70 heavy (non-hydrogen) atoms. The summed E-state index contributed by atoms with van der Waals surface area (Å²) in [5, 5.41) is 0.964. The van der Waals surface area contributed by atoms with Crippen LogP contribution in [0.15, 0.2) is 41.2 Å². The predicted octanol–water partition coefficient (Wildman–Crippen LogP) is 10.4. The van der Waals surface area contributed by atoms with Gasteiger partial charge in [0.2, 0.25) is 5.60 Å². The Morgan fingerprint density at radius 3 is 2.01 bits per heavy atom. The molecule has 0 saturated heterocycles. The summed E-state index contributed by atoms with van der Waals surface area (Å²) in [4.78, 5) is 71.0. The average molecular weight is 996 g/mol. The predicted molar refractivity (Wildman–Crippen MR) is 269 cm³/mol. The van der Waals surface area contributed by atoms with Crippen molar-refractivity contribution in [2.75, 3.05) is 54.1 Å². The molecule has 0 amide bonds. The van der Waals surface area contributed by atoms with E-state index in [1.54, 1.807) is 17.6 Å². The Bertz CT molecular complexity index is 2240. The van der Waals surface area contributed by atoms with Crippen LogP contribution in [0.5, 0.6) is 0 Å². The molecule has 0 radical (unpaired) electrons. The highest BCUT2D eigenvalue weighted by Gasteiger charge is 2.50. The van der Waals surface area contributed by atoms with E-state index in [4.69, 9.17) is 33.0 Å². The molecule has 0 N–H and O–H groups in total. The first-order valence-corrected chi connectivity index (χ1v) is 27.9. The molecule has 3 atom stereocenters. The molecule has 16 heteroatoms. The number of likely N-dealkylation sites (N-methyl/N-ethyl adjacent to an activating group) is 1.